The van der Waals surface area contributed by atoms with Gasteiger partial charge in [0.15, 0.2) is 0 Å². The molecule has 3 aromatic carbocycles. The number of carbonyl (C=O) groups is 1. The van der Waals surface area contributed by atoms with Crippen LogP contribution in [-0.2, 0) is 4.79 Å². The Morgan fingerprint density at radius 2 is 1.58 bits per heavy atom. The van der Waals surface area contributed by atoms with E-state index in [1.807, 2.05) is 54.6 Å². The Morgan fingerprint density at radius 1 is 0.871 bits per heavy atom. The van der Waals surface area contributed by atoms with Crippen molar-refractivity contribution < 1.29 is 14.3 Å². The van der Waals surface area contributed by atoms with E-state index in [4.69, 9.17) is 32.7 Å². The van der Waals surface area contributed by atoms with Crippen molar-refractivity contribution in [2.45, 2.75) is 0 Å². The molecular weight excluding hydrogens is 433 g/mol. The molecule has 4 nitrogen and oxygen atoms in total. The minimum Gasteiger partial charge on any atom is -0.497 e. The lowest BCUT2D eigenvalue weighted by atomic mass is 10.1. The first-order valence-electron chi connectivity index (χ1n) is 9.51. The van der Waals surface area contributed by atoms with Gasteiger partial charge in [-0.05, 0) is 65.7 Å². The predicted octanol–water partition coefficient (Wildman–Crippen LogP) is 6.48. The van der Waals surface area contributed by atoms with Gasteiger partial charge in [-0.1, -0.05) is 47.5 Å². The van der Waals surface area contributed by atoms with E-state index in [1.165, 1.54) is 0 Å². The van der Waals surface area contributed by atoms with Crippen LogP contribution in [0, 0.1) is 0 Å². The molecule has 1 aliphatic rings. The normalized spacial score (nSPS) is 14.7. The fourth-order valence-electron chi connectivity index (χ4n) is 3.38. The number of halogens is 2. The molecule has 1 heterocycles. The monoisotopic (exact) mass is 451 g/mol. The maximum atomic E-state index is 13.4. The van der Waals surface area contributed by atoms with Crippen LogP contribution >= 0.6 is 23.2 Å². The first-order chi connectivity index (χ1) is 15.0. The van der Waals surface area contributed by atoms with Crippen molar-refractivity contribution in [3.8, 4) is 11.5 Å². The number of amides is 1. The van der Waals surface area contributed by atoms with Crippen LogP contribution < -0.4 is 14.4 Å². The molecule has 4 rings (SSSR count). The highest BCUT2D eigenvalue weighted by Crippen LogP contribution is 2.38. The van der Waals surface area contributed by atoms with E-state index in [2.05, 4.69) is 0 Å². The second kappa shape index (κ2) is 8.88. The van der Waals surface area contributed by atoms with Crippen LogP contribution in [0.2, 0.25) is 10.0 Å². The minimum absolute atomic E-state index is 0.151. The zero-order valence-corrected chi connectivity index (χ0v) is 18.4. The third kappa shape index (κ3) is 4.31. The summed E-state index contributed by atoms with van der Waals surface area (Å²) in [5.74, 6) is 1.15. The van der Waals surface area contributed by atoms with Crippen molar-refractivity contribution in [3.63, 3.8) is 0 Å². The summed E-state index contributed by atoms with van der Waals surface area (Å²) < 4.78 is 10.5. The lowest BCUT2D eigenvalue weighted by Crippen LogP contribution is -2.25. The number of carbonyl (C=O) groups excluding carboxylic acids is 1. The van der Waals surface area contributed by atoms with Crippen LogP contribution in [0.1, 0.15) is 11.1 Å². The number of methoxy groups -OCH3 is 2. The molecule has 0 aliphatic carbocycles. The number of benzene rings is 3. The Kier molecular flexibility index (Phi) is 6.03. The number of hydrogen-bond acceptors (Lipinski definition) is 3. The first kappa shape index (κ1) is 21.0. The Hall–Kier alpha value is -3.21. The fraction of sp³-hybridized carbons (Fsp3) is 0.0800. The topological polar surface area (TPSA) is 38.8 Å². The zero-order valence-electron chi connectivity index (χ0n) is 16.9. The van der Waals surface area contributed by atoms with Crippen molar-refractivity contribution in [3.05, 3.63) is 99.6 Å². The van der Waals surface area contributed by atoms with E-state index in [0.29, 0.717) is 27.1 Å². The van der Waals surface area contributed by atoms with Crippen molar-refractivity contribution in [1.82, 2.24) is 0 Å². The van der Waals surface area contributed by atoms with Gasteiger partial charge < -0.3 is 9.47 Å². The van der Waals surface area contributed by atoms with Crippen molar-refractivity contribution >= 4 is 46.6 Å². The van der Waals surface area contributed by atoms with Crippen molar-refractivity contribution in [2.75, 3.05) is 19.1 Å². The van der Waals surface area contributed by atoms with Gasteiger partial charge >= 0.3 is 0 Å². The third-order valence-electron chi connectivity index (χ3n) is 4.95. The summed E-state index contributed by atoms with van der Waals surface area (Å²) >= 11 is 12.4. The summed E-state index contributed by atoms with van der Waals surface area (Å²) in [6.45, 7) is 0. The van der Waals surface area contributed by atoms with Crippen LogP contribution in [0.5, 0.6) is 11.5 Å². The summed E-state index contributed by atoms with van der Waals surface area (Å²) in [6.07, 6.45) is 3.72. The molecule has 0 atom stereocenters. The molecule has 0 bridgehead atoms. The van der Waals surface area contributed by atoms with E-state index in [0.717, 1.165) is 22.6 Å². The van der Waals surface area contributed by atoms with E-state index < -0.39 is 0 Å². The minimum atomic E-state index is -0.151. The number of nitrogens with zero attached hydrogens (tertiary/aromatic N) is 1. The molecule has 0 unspecified atom stereocenters. The SMILES string of the molecule is COc1ccc(/C=C2/C=C(c3ccc(Cl)cc3)N(c3ccc(OC)c(Cl)c3)C2=O)cc1. The van der Waals surface area contributed by atoms with Crippen LogP contribution in [0.3, 0.4) is 0 Å². The molecule has 0 fully saturated rings. The molecular formula is C25H19Cl2NO3. The number of rotatable bonds is 5. The molecule has 0 saturated heterocycles. The van der Waals surface area contributed by atoms with Gasteiger partial charge in [-0.15, -0.1) is 0 Å². The molecule has 1 aliphatic heterocycles. The van der Waals surface area contributed by atoms with E-state index >= 15 is 0 Å². The average molecular weight is 452 g/mol. The van der Waals surface area contributed by atoms with Crippen LogP contribution in [-0.4, -0.2) is 20.1 Å². The number of hydrogen-bond donors (Lipinski definition) is 0. The van der Waals surface area contributed by atoms with Crippen LogP contribution in [0.25, 0.3) is 11.8 Å². The zero-order chi connectivity index (χ0) is 22.0. The maximum Gasteiger partial charge on any atom is 0.262 e. The van der Waals surface area contributed by atoms with Gasteiger partial charge in [0.2, 0.25) is 0 Å². The molecule has 0 radical (unpaired) electrons. The van der Waals surface area contributed by atoms with E-state index in [-0.39, 0.29) is 5.91 Å². The number of anilines is 1. The lowest BCUT2D eigenvalue weighted by Gasteiger charge is -2.21. The van der Waals surface area contributed by atoms with Gasteiger partial charge in [-0.25, -0.2) is 0 Å². The summed E-state index contributed by atoms with van der Waals surface area (Å²) in [5.41, 5.74) is 3.70. The lowest BCUT2D eigenvalue weighted by molar-refractivity contribution is -0.113. The highest BCUT2D eigenvalue weighted by molar-refractivity contribution is 6.33. The smallest absolute Gasteiger partial charge is 0.262 e. The fourth-order valence-corrected chi connectivity index (χ4v) is 3.76. The molecule has 156 valence electrons. The molecule has 0 N–H and O–H groups in total. The Morgan fingerprint density at radius 3 is 2.19 bits per heavy atom. The molecule has 6 heteroatoms. The average Bonchev–Trinajstić information content (AvgIpc) is 3.10. The van der Waals surface area contributed by atoms with Crippen LogP contribution in [0.15, 0.2) is 78.4 Å². The second-order valence-electron chi connectivity index (χ2n) is 6.87. The van der Waals surface area contributed by atoms with Gasteiger partial charge in [0.05, 0.1) is 30.6 Å². The molecule has 0 saturated carbocycles. The maximum absolute atomic E-state index is 13.4. The van der Waals surface area contributed by atoms with Gasteiger partial charge in [0.1, 0.15) is 11.5 Å². The predicted molar refractivity (Wildman–Crippen MR) is 126 cm³/mol. The van der Waals surface area contributed by atoms with Crippen molar-refractivity contribution in [1.29, 1.82) is 0 Å². The van der Waals surface area contributed by atoms with Crippen molar-refractivity contribution in [2.24, 2.45) is 0 Å². The van der Waals surface area contributed by atoms with E-state index in [9.17, 15) is 4.79 Å². The molecule has 1 amide bonds. The highest BCUT2D eigenvalue weighted by Gasteiger charge is 2.30. The van der Waals surface area contributed by atoms with Gasteiger partial charge in [0, 0.05) is 10.6 Å². The van der Waals surface area contributed by atoms with Gasteiger partial charge in [-0.2, -0.15) is 0 Å². The second-order valence-corrected chi connectivity index (χ2v) is 7.71. The van der Waals surface area contributed by atoms with Gasteiger partial charge in [0.25, 0.3) is 5.91 Å². The third-order valence-corrected chi connectivity index (χ3v) is 5.50. The number of ether oxygens (including phenoxy) is 2. The molecule has 31 heavy (non-hydrogen) atoms. The Labute approximate surface area is 190 Å². The standard InChI is InChI=1S/C25H19Cl2NO3/c1-30-21-10-3-16(4-11-21)13-18-14-23(17-5-7-19(26)8-6-17)28(25(18)29)20-9-12-24(31-2)22(27)15-20/h3-15H,1-2H3/b18-13-. The molecule has 3 aromatic rings. The van der Waals surface area contributed by atoms with Crippen LogP contribution in [0.4, 0.5) is 5.69 Å². The summed E-state index contributed by atoms with van der Waals surface area (Å²) in [4.78, 5) is 15.1. The summed E-state index contributed by atoms with van der Waals surface area (Å²) in [5, 5.41) is 1.05. The highest BCUT2D eigenvalue weighted by atomic mass is 35.5. The van der Waals surface area contributed by atoms with Gasteiger partial charge in [-0.3, -0.25) is 9.69 Å². The van der Waals surface area contributed by atoms with E-state index in [1.54, 1.807) is 43.4 Å². The summed E-state index contributed by atoms with van der Waals surface area (Å²) in [7, 11) is 3.17. The Bertz CT molecular complexity index is 1180. The first-order valence-corrected chi connectivity index (χ1v) is 10.3. The molecule has 0 aromatic heterocycles. The Balaban J connectivity index is 1.79. The summed E-state index contributed by atoms with van der Waals surface area (Å²) in [6, 6.07) is 20.2. The largest absolute Gasteiger partial charge is 0.497 e. The quantitative estimate of drug-likeness (QED) is 0.416. The molecule has 0 spiro atoms.